The second-order valence-electron chi connectivity index (χ2n) is 7.27. The van der Waals surface area contributed by atoms with Crippen molar-refractivity contribution in [1.82, 2.24) is 0 Å². The van der Waals surface area contributed by atoms with Crippen molar-refractivity contribution in [3.63, 3.8) is 0 Å². The molecule has 0 unspecified atom stereocenters. The van der Waals surface area contributed by atoms with Crippen LogP contribution in [0.1, 0.15) is 31.0 Å². The van der Waals surface area contributed by atoms with Gasteiger partial charge in [-0.3, -0.25) is 0 Å². The lowest BCUT2D eigenvalue weighted by Crippen LogP contribution is -2.49. The molecule has 0 amide bonds. The lowest BCUT2D eigenvalue weighted by Gasteiger charge is -2.41. The lowest BCUT2D eigenvalue weighted by atomic mass is 9.81. The summed E-state index contributed by atoms with van der Waals surface area (Å²) in [6.07, 6.45) is -0.276. The Morgan fingerprint density at radius 3 is 2.03 bits per heavy atom. The van der Waals surface area contributed by atoms with E-state index in [-0.39, 0.29) is 11.9 Å². The predicted molar refractivity (Wildman–Crippen MR) is 117 cm³/mol. The molecule has 2 N–H and O–H groups in total. The number of hydrogen-bond donors (Lipinski definition) is 2. The van der Waals surface area contributed by atoms with Crippen LogP contribution in [0.15, 0.2) is 84.9 Å². The molecule has 0 bridgehead atoms. The van der Waals surface area contributed by atoms with E-state index in [1.165, 1.54) is 7.11 Å². The Morgan fingerprint density at radius 1 is 0.900 bits per heavy atom. The van der Waals surface area contributed by atoms with E-state index in [1.807, 2.05) is 80.6 Å². The molecule has 0 spiro atoms. The highest BCUT2D eigenvalue weighted by Gasteiger charge is 2.51. The fourth-order valence-corrected chi connectivity index (χ4v) is 3.61. The Balaban J connectivity index is 2.27. The first-order valence-corrected chi connectivity index (χ1v) is 9.90. The van der Waals surface area contributed by atoms with Gasteiger partial charge < -0.3 is 19.9 Å². The van der Waals surface area contributed by atoms with Crippen LogP contribution in [0, 0.1) is 0 Å². The summed E-state index contributed by atoms with van der Waals surface area (Å²) in [5, 5.41) is 13.7. The first-order valence-electron chi connectivity index (χ1n) is 9.90. The van der Waals surface area contributed by atoms with Crippen molar-refractivity contribution in [2.45, 2.75) is 31.6 Å². The number of phenols is 1. The summed E-state index contributed by atoms with van der Waals surface area (Å²) >= 11 is 0. The number of anilines is 1. The summed E-state index contributed by atoms with van der Waals surface area (Å²) in [6, 6.07) is 25.1. The Morgan fingerprint density at radius 2 is 1.47 bits per heavy atom. The SMILES string of the molecule is COC(=O)[C@](OC(C)C)(c1ccccc1)[C@@H](Nc1ccccc1O)c1ccccc1. The smallest absolute Gasteiger partial charge is 0.345 e. The largest absolute Gasteiger partial charge is 0.506 e. The zero-order chi connectivity index (χ0) is 21.6. The maximum Gasteiger partial charge on any atom is 0.345 e. The average Bonchev–Trinajstić information content (AvgIpc) is 2.77. The molecule has 156 valence electrons. The maximum absolute atomic E-state index is 13.4. The quantitative estimate of drug-likeness (QED) is 0.406. The molecular weight excluding hydrogens is 378 g/mol. The lowest BCUT2D eigenvalue weighted by molar-refractivity contribution is -0.181. The minimum Gasteiger partial charge on any atom is -0.506 e. The van der Waals surface area contributed by atoms with Gasteiger partial charge in [-0.15, -0.1) is 0 Å². The number of methoxy groups -OCH3 is 1. The van der Waals surface area contributed by atoms with Crippen LogP contribution in [0.4, 0.5) is 5.69 Å². The van der Waals surface area contributed by atoms with Crippen molar-refractivity contribution in [2.75, 3.05) is 12.4 Å². The number of carbonyl (C=O) groups is 1. The second kappa shape index (κ2) is 9.46. The summed E-state index contributed by atoms with van der Waals surface area (Å²) in [5.41, 5.74) is 0.467. The maximum atomic E-state index is 13.4. The van der Waals surface area contributed by atoms with Crippen molar-refractivity contribution in [3.8, 4) is 5.75 Å². The zero-order valence-electron chi connectivity index (χ0n) is 17.4. The molecule has 30 heavy (non-hydrogen) atoms. The number of rotatable bonds is 8. The van der Waals surface area contributed by atoms with Crippen molar-refractivity contribution >= 4 is 11.7 Å². The number of para-hydroxylation sites is 2. The third-order valence-electron chi connectivity index (χ3n) is 4.86. The van der Waals surface area contributed by atoms with Gasteiger partial charge in [0.2, 0.25) is 5.60 Å². The van der Waals surface area contributed by atoms with Crippen LogP contribution in [-0.2, 0) is 19.9 Å². The minimum absolute atomic E-state index is 0.0785. The number of nitrogens with one attached hydrogen (secondary N) is 1. The van der Waals surface area contributed by atoms with Crippen molar-refractivity contribution < 1.29 is 19.4 Å². The van der Waals surface area contributed by atoms with Gasteiger partial charge in [0.1, 0.15) is 5.75 Å². The van der Waals surface area contributed by atoms with E-state index in [0.717, 1.165) is 5.56 Å². The molecule has 0 radical (unpaired) electrons. The molecule has 0 saturated carbocycles. The molecular formula is C25H27NO4. The third kappa shape index (κ3) is 4.31. The predicted octanol–water partition coefficient (Wildman–Crippen LogP) is 5.04. The Labute approximate surface area is 177 Å². The minimum atomic E-state index is -1.49. The number of carbonyl (C=O) groups excluding carboxylic acids is 1. The summed E-state index contributed by atoms with van der Waals surface area (Å²) in [4.78, 5) is 13.4. The standard InChI is InChI=1S/C25H27NO4/c1-18(2)30-25(24(28)29-3,20-14-8-5-9-15-20)23(19-12-6-4-7-13-19)26-21-16-10-11-17-22(21)27/h4-18,23,26-27H,1-3H3/t23-,25-/m0/s1. The molecule has 0 fully saturated rings. The van der Waals surface area contributed by atoms with E-state index in [0.29, 0.717) is 11.3 Å². The van der Waals surface area contributed by atoms with E-state index in [9.17, 15) is 9.90 Å². The van der Waals surface area contributed by atoms with Gasteiger partial charge in [0.05, 0.1) is 24.9 Å². The molecule has 3 rings (SSSR count). The number of hydrogen-bond acceptors (Lipinski definition) is 5. The van der Waals surface area contributed by atoms with Gasteiger partial charge in [-0.25, -0.2) is 4.79 Å². The molecule has 3 aromatic carbocycles. The molecule has 0 aliphatic carbocycles. The highest BCUT2D eigenvalue weighted by molar-refractivity contribution is 5.84. The van der Waals surface area contributed by atoms with Crippen LogP contribution in [0.2, 0.25) is 0 Å². The van der Waals surface area contributed by atoms with Crippen LogP contribution in [0.3, 0.4) is 0 Å². The van der Waals surface area contributed by atoms with E-state index in [1.54, 1.807) is 18.2 Å². The van der Waals surface area contributed by atoms with E-state index >= 15 is 0 Å². The second-order valence-corrected chi connectivity index (χ2v) is 7.27. The van der Waals surface area contributed by atoms with Gasteiger partial charge in [-0.2, -0.15) is 0 Å². The summed E-state index contributed by atoms with van der Waals surface area (Å²) in [7, 11) is 1.35. The normalized spacial score (nSPS) is 14.0. The first-order chi connectivity index (χ1) is 14.5. The fraction of sp³-hybridized carbons (Fsp3) is 0.240. The van der Waals surface area contributed by atoms with Crippen LogP contribution in [-0.4, -0.2) is 24.3 Å². The van der Waals surface area contributed by atoms with E-state index in [2.05, 4.69) is 5.32 Å². The number of ether oxygens (including phenoxy) is 2. The number of aromatic hydroxyl groups is 1. The molecule has 2 atom stereocenters. The summed E-state index contributed by atoms with van der Waals surface area (Å²) < 4.78 is 11.7. The molecule has 3 aromatic rings. The van der Waals surface area contributed by atoms with Crippen LogP contribution < -0.4 is 5.32 Å². The zero-order valence-corrected chi connectivity index (χ0v) is 17.4. The molecule has 5 nitrogen and oxygen atoms in total. The number of esters is 1. The number of benzene rings is 3. The Kier molecular flexibility index (Phi) is 6.75. The van der Waals surface area contributed by atoms with Crippen LogP contribution in [0.5, 0.6) is 5.75 Å². The highest BCUT2D eigenvalue weighted by atomic mass is 16.6. The third-order valence-corrected chi connectivity index (χ3v) is 4.86. The topological polar surface area (TPSA) is 67.8 Å². The van der Waals surface area contributed by atoms with Crippen LogP contribution >= 0.6 is 0 Å². The molecule has 0 aromatic heterocycles. The molecule has 0 heterocycles. The first kappa shape index (κ1) is 21.4. The molecule has 0 aliphatic heterocycles. The summed E-state index contributed by atoms with van der Waals surface area (Å²) in [6.45, 7) is 3.76. The van der Waals surface area contributed by atoms with E-state index in [4.69, 9.17) is 9.47 Å². The van der Waals surface area contributed by atoms with Gasteiger partial charge >= 0.3 is 5.97 Å². The molecule has 0 aliphatic rings. The van der Waals surface area contributed by atoms with Crippen LogP contribution in [0.25, 0.3) is 0 Å². The monoisotopic (exact) mass is 405 g/mol. The van der Waals surface area contributed by atoms with Crippen molar-refractivity contribution in [1.29, 1.82) is 0 Å². The van der Waals surface area contributed by atoms with Crippen molar-refractivity contribution in [3.05, 3.63) is 96.1 Å². The van der Waals surface area contributed by atoms with Gasteiger partial charge in [0.25, 0.3) is 0 Å². The Hall–Kier alpha value is -3.31. The van der Waals surface area contributed by atoms with Gasteiger partial charge in [-0.1, -0.05) is 72.8 Å². The fourth-order valence-electron chi connectivity index (χ4n) is 3.61. The average molecular weight is 405 g/mol. The van der Waals surface area contributed by atoms with Gasteiger partial charge in [0, 0.05) is 0 Å². The van der Waals surface area contributed by atoms with Gasteiger partial charge in [0.15, 0.2) is 0 Å². The summed E-state index contributed by atoms with van der Waals surface area (Å²) in [5.74, 6) is -0.450. The number of phenolic OH excluding ortho intramolecular Hbond substituents is 1. The Bertz CT molecular complexity index is 959. The molecule has 5 heteroatoms. The van der Waals surface area contributed by atoms with Gasteiger partial charge in [-0.05, 0) is 37.1 Å². The highest BCUT2D eigenvalue weighted by Crippen LogP contribution is 2.44. The molecule has 0 saturated heterocycles. The van der Waals surface area contributed by atoms with E-state index < -0.39 is 17.6 Å². The van der Waals surface area contributed by atoms with Crippen molar-refractivity contribution in [2.24, 2.45) is 0 Å².